The van der Waals surface area contributed by atoms with Crippen LogP contribution in [0.2, 0.25) is 0 Å². The lowest BCUT2D eigenvalue weighted by atomic mass is 10.1. The Balaban J connectivity index is 2.29. The smallest absolute Gasteiger partial charge is 0.183 e. The molecule has 18 heavy (non-hydrogen) atoms. The molecule has 2 aromatic heterocycles. The van der Waals surface area contributed by atoms with Gasteiger partial charge in [0.15, 0.2) is 4.73 Å². The summed E-state index contributed by atoms with van der Waals surface area (Å²) in [6.07, 6.45) is 5.97. The van der Waals surface area contributed by atoms with E-state index in [1.807, 2.05) is 16.8 Å². The van der Waals surface area contributed by atoms with Gasteiger partial charge in [0.05, 0.1) is 5.69 Å². The molecule has 0 aliphatic rings. The minimum atomic E-state index is 0.607. The molecule has 2 aromatic rings. The first-order chi connectivity index (χ1) is 8.60. The lowest BCUT2D eigenvalue weighted by Crippen LogP contribution is -1.97. The highest BCUT2D eigenvalue weighted by molar-refractivity contribution is 9.10. The highest BCUT2D eigenvalue weighted by atomic mass is 79.9. The van der Waals surface area contributed by atoms with Gasteiger partial charge in [-0.05, 0) is 46.3 Å². The highest BCUT2D eigenvalue weighted by Gasteiger charge is 2.09. The number of pyridine rings is 1. The number of hydrogen-bond acceptors (Lipinski definition) is 2. The van der Waals surface area contributed by atoms with Gasteiger partial charge in [0, 0.05) is 12.4 Å². The molecule has 0 aliphatic heterocycles. The Kier molecular flexibility index (Phi) is 4.17. The van der Waals surface area contributed by atoms with Crippen molar-refractivity contribution in [3.63, 3.8) is 0 Å². The first-order valence-corrected chi connectivity index (χ1v) is 7.08. The Morgan fingerprint density at radius 3 is 2.67 bits per heavy atom. The molecule has 0 spiro atoms. The number of aryl methyl sites for hydroxylation is 1. The van der Waals surface area contributed by atoms with Crippen molar-refractivity contribution in [2.24, 2.45) is 5.92 Å². The van der Waals surface area contributed by atoms with E-state index in [9.17, 15) is 0 Å². The second-order valence-electron chi connectivity index (χ2n) is 4.85. The Labute approximate surface area is 116 Å². The maximum absolute atomic E-state index is 4.51. The molecular weight excluding hydrogens is 290 g/mol. The molecule has 0 N–H and O–H groups in total. The third kappa shape index (κ3) is 2.99. The Morgan fingerprint density at radius 2 is 2.11 bits per heavy atom. The molecule has 0 saturated carbocycles. The fraction of sp³-hybridized carbons (Fsp3) is 0.429. The van der Waals surface area contributed by atoms with Gasteiger partial charge in [-0.3, -0.25) is 4.57 Å². The van der Waals surface area contributed by atoms with Crippen molar-refractivity contribution in [3.8, 4) is 5.82 Å². The molecule has 2 rings (SSSR count). The standard InChI is InChI=1S/C14H18BrN3/c1-4-11-5-6-13(16-8-11)18-9-12(7-10(2)3)17-14(18)15/h5-6,8-10H,4,7H2,1-3H3. The summed E-state index contributed by atoms with van der Waals surface area (Å²) in [4.78, 5) is 8.98. The van der Waals surface area contributed by atoms with E-state index in [0.29, 0.717) is 5.92 Å². The monoisotopic (exact) mass is 307 g/mol. The maximum Gasteiger partial charge on any atom is 0.183 e. The SMILES string of the molecule is CCc1ccc(-n2cc(CC(C)C)nc2Br)nc1. The van der Waals surface area contributed by atoms with Crippen LogP contribution in [0.4, 0.5) is 0 Å². The van der Waals surface area contributed by atoms with Gasteiger partial charge >= 0.3 is 0 Å². The number of nitrogens with zero attached hydrogens (tertiary/aromatic N) is 3. The summed E-state index contributed by atoms with van der Waals surface area (Å²) in [7, 11) is 0. The molecule has 0 aliphatic carbocycles. The number of hydrogen-bond donors (Lipinski definition) is 0. The van der Waals surface area contributed by atoms with Gasteiger partial charge in [-0.25, -0.2) is 9.97 Å². The van der Waals surface area contributed by atoms with E-state index in [-0.39, 0.29) is 0 Å². The van der Waals surface area contributed by atoms with Crippen LogP contribution < -0.4 is 0 Å². The number of rotatable bonds is 4. The Hall–Kier alpha value is -1.16. The summed E-state index contributed by atoms with van der Waals surface area (Å²) in [5.74, 6) is 1.51. The highest BCUT2D eigenvalue weighted by Crippen LogP contribution is 2.18. The van der Waals surface area contributed by atoms with Crippen molar-refractivity contribution in [3.05, 3.63) is 40.5 Å². The van der Waals surface area contributed by atoms with Gasteiger partial charge in [0.2, 0.25) is 0 Å². The van der Waals surface area contributed by atoms with Gasteiger partial charge in [0.25, 0.3) is 0 Å². The minimum Gasteiger partial charge on any atom is -0.278 e. The summed E-state index contributed by atoms with van der Waals surface area (Å²) < 4.78 is 2.80. The zero-order chi connectivity index (χ0) is 13.1. The summed E-state index contributed by atoms with van der Waals surface area (Å²) >= 11 is 3.49. The molecule has 0 radical (unpaired) electrons. The third-order valence-corrected chi connectivity index (χ3v) is 3.35. The minimum absolute atomic E-state index is 0.607. The van der Waals surface area contributed by atoms with Crippen LogP contribution in [-0.4, -0.2) is 14.5 Å². The van der Waals surface area contributed by atoms with Crippen LogP contribution in [0.5, 0.6) is 0 Å². The van der Waals surface area contributed by atoms with E-state index in [4.69, 9.17) is 0 Å². The first kappa shape index (κ1) is 13.3. The van der Waals surface area contributed by atoms with Crippen LogP contribution in [0, 0.1) is 5.92 Å². The van der Waals surface area contributed by atoms with Crippen LogP contribution in [0.15, 0.2) is 29.3 Å². The molecular formula is C14H18BrN3. The molecule has 2 heterocycles. The summed E-state index contributed by atoms with van der Waals surface area (Å²) in [6, 6.07) is 4.14. The van der Waals surface area contributed by atoms with Gasteiger partial charge < -0.3 is 0 Å². The van der Waals surface area contributed by atoms with Crippen LogP contribution in [-0.2, 0) is 12.8 Å². The van der Waals surface area contributed by atoms with Crippen molar-refractivity contribution >= 4 is 15.9 Å². The van der Waals surface area contributed by atoms with Crippen LogP contribution >= 0.6 is 15.9 Å². The molecule has 0 saturated heterocycles. The molecule has 0 amide bonds. The van der Waals surface area contributed by atoms with Crippen LogP contribution in [0.25, 0.3) is 5.82 Å². The van der Waals surface area contributed by atoms with Crippen molar-refractivity contribution < 1.29 is 0 Å². The first-order valence-electron chi connectivity index (χ1n) is 6.29. The van der Waals surface area contributed by atoms with E-state index in [1.54, 1.807) is 0 Å². The fourth-order valence-corrected chi connectivity index (χ4v) is 2.36. The molecule has 96 valence electrons. The van der Waals surface area contributed by atoms with E-state index in [1.165, 1.54) is 5.56 Å². The predicted molar refractivity (Wildman–Crippen MR) is 77.0 cm³/mol. The molecule has 0 unspecified atom stereocenters. The van der Waals surface area contributed by atoms with Gasteiger partial charge in [-0.1, -0.05) is 26.8 Å². The second-order valence-corrected chi connectivity index (χ2v) is 5.56. The lowest BCUT2D eigenvalue weighted by Gasteiger charge is -2.03. The average molecular weight is 308 g/mol. The van der Waals surface area contributed by atoms with Crippen molar-refractivity contribution in [1.82, 2.24) is 14.5 Å². The zero-order valence-electron chi connectivity index (χ0n) is 11.0. The van der Waals surface area contributed by atoms with E-state index in [0.717, 1.165) is 29.1 Å². The van der Waals surface area contributed by atoms with Crippen molar-refractivity contribution in [2.45, 2.75) is 33.6 Å². The maximum atomic E-state index is 4.51. The molecule has 4 heteroatoms. The zero-order valence-corrected chi connectivity index (χ0v) is 12.6. The van der Waals surface area contributed by atoms with Crippen molar-refractivity contribution in [2.75, 3.05) is 0 Å². The van der Waals surface area contributed by atoms with E-state index in [2.05, 4.69) is 58.9 Å². The van der Waals surface area contributed by atoms with Crippen molar-refractivity contribution in [1.29, 1.82) is 0 Å². The third-order valence-electron chi connectivity index (χ3n) is 2.79. The number of aromatic nitrogens is 3. The largest absolute Gasteiger partial charge is 0.278 e. The molecule has 0 aromatic carbocycles. The van der Waals surface area contributed by atoms with Gasteiger partial charge in [-0.15, -0.1) is 0 Å². The second kappa shape index (κ2) is 5.65. The fourth-order valence-electron chi connectivity index (χ4n) is 1.85. The molecule has 3 nitrogen and oxygen atoms in total. The van der Waals surface area contributed by atoms with Gasteiger partial charge in [-0.2, -0.15) is 0 Å². The Morgan fingerprint density at radius 1 is 1.33 bits per heavy atom. The summed E-state index contributed by atoms with van der Waals surface area (Å²) in [5.41, 5.74) is 2.34. The topological polar surface area (TPSA) is 30.7 Å². The number of imidazole rings is 1. The Bertz CT molecular complexity index is 514. The summed E-state index contributed by atoms with van der Waals surface area (Å²) in [5, 5.41) is 0. The molecule has 0 atom stereocenters. The van der Waals surface area contributed by atoms with E-state index < -0.39 is 0 Å². The van der Waals surface area contributed by atoms with Gasteiger partial charge in [0.1, 0.15) is 5.82 Å². The van der Waals surface area contributed by atoms with Crippen LogP contribution in [0.1, 0.15) is 32.0 Å². The lowest BCUT2D eigenvalue weighted by molar-refractivity contribution is 0.637. The molecule has 0 bridgehead atoms. The quantitative estimate of drug-likeness (QED) is 0.860. The molecule has 0 fully saturated rings. The van der Waals surface area contributed by atoms with Crippen LogP contribution in [0.3, 0.4) is 0 Å². The predicted octanol–water partition coefficient (Wildman–Crippen LogP) is 3.79. The number of halogens is 1. The van der Waals surface area contributed by atoms with E-state index >= 15 is 0 Å². The summed E-state index contributed by atoms with van der Waals surface area (Å²) in [6.45, 7) is 6.52. The average Bonchev–Trinajstić information content (AvgIpc) is 2.69. The normalized spacial score (nSPS) is 11.2.